The molecule has 126 valence electrons. The van der Waals surface area contributed by atoms with Crippen LogP contribution in [0.15, 0.2) is 40.8 Å². The quantitative estimate of drug-likeness (QED) is 0.921. The number of rotatable bonds is 2. The molecule has 2 atom stereocenters. The SMILES string of the molecule is Cc1ccc([C@@H]2COCCN2C(=O)N[C@H]2COc3ccccc32)o1. The van der Waals surface area contributed by atoms with Crippen LogP contribution in [0.2, 0.25) is 0 Å². The Bertz CT molecular complexity index is 742. The Hall–Kier alpha value is -2.47. The number of para-hydroxylation sites is 1. The molecule has 1 fully saturated rings. The Morgan fingerprint density at radius 1 is 1.21 bits per heavy atom. The van der Waals surface area contributed by atoms with Crippen molar-refractivity contribution < 1.29 is 18.7 Å². The number of furan rings is 1. The molecule has 0 radical (unpaired) electrons. The number of carbonyl (C=O) groups excluding carboxylic acids is 1. The average molecular weight is 328 g/mol. The number of morpholine rings is 1. The highest BCUT2D eigenvalue weighted by Gasteiger charge is 2.33. The molecular formula is C18H20N2O4. The number of ether oxygens (including phenoxy) is 2. The summed E-state index contributed by atoms with van der Waals surface area (Å²) in [6.07, 6.45) is 0. The van der Waals surface area contributed by atoms with Gasteiger partial charge >= 0.3 is 6.03 Å². The lowest BCUT2D eigenvalue weighted by Crippen LogP contribution is -2.49. The van der Waals surface area contributed by atoms with E-state index in [9.17, 15) is 4.79 Å². The first-order valence-electron chi connectivity index (χ1n) is 8.15. The van der Waals surface area contributed by atoms with Gasteiger partial charge in [-0.1, -0.05) is 18.2 Å². The Labute approximate surface area is 140 Å². The predicted molar refractivity (Wildman–Crippen MR) is 86.9 cm³/mol. The first kappa shape index (κ1) is 15.1. The predicted octanol–water partition coefficient (Wildman–Crippen LogP) is 2.80. The standard InChI is InChI=1S/C18H20N2O4/c1-12-6-7-17(24-12)15-11-22-9-8-20(15)18(21)19-14-10-23-16-5-3-2-4-13(14)16/h2-7,14-15H,8-11H2,1H3,(H,19,21)/t14-,15-/m0/s1. The smallest absolute Gasteiger partial charge is 0.318 e. The van der Waals surface area contributed by atoms with Gasteiger partial charge in [-0.15, -0.1) is 0 Å². The first-order chi connectivity index (χ1) is 11.7. The molecule has 0 spiro atoms. The highest BCUT2D eigenvalue weighted by Crippen LogP contribution is 2.32. The number of hydrogen-bond acceptors (Lipinski definition) is 4. The topological polar surface area (TPSA) is 63.9 Å². The van der Waals surface area contributed by atoms with Gasteiger partial charge in [-0.3, -0.25) is 0 Å². The molecule has 4 rings (SSSR count). The highest BCUT2D eigenvalue weighted by atomic mass is 16.5. The first-order valence-corrected chi connectivity index (χ1v) is 8.15. The molecule has 0 aliphatic carbocycles. The van der Waals surface area contributed by atoms with Crippen LogP contribution in [0, 0.1) is 6.92 Å². The van der Waals surface area contributed by atoms with E-state index in [-0.39, 0.29) is 18.1 Å². The monoisotopic (exact) mass is 328 g/mol. The molecule has 6 heteroatoms. The Balaban J connectivity index is 1.50. The summed E-state index contributed by atoms with van der Waals surface area (Å²) < 4.78 is 16.9. The molecule has 2 aromatic rings. The van der Waals surface area contributed by atoms with Gasteiger partial charge in [0, 0.05) is 12.1 Å². The molecule has 24 heavy (non-hydrogen) atoms. The van der Waals surface area contributed by atoms with Gasteiger partial charge in [0.05, 0.1) is 19.3 Å². The van der Waals surface area contributed by atoms with E-state index >= 15 is 0 Å². The number of fused-ring (bicyclic) bond motifs is 1. The van der Waals surface area contributed by atoms with E-state index in [1.807, 2.05) is 43.3 Å². The van der Waals surface area contributed by atoms with Gasteiger partial charge in [0.1, 0.15) is 29.9 Å². The number of nitrogens with zero attached hydrogens (tertiary/aromatic N) is 1. The van der Waals surface area contributed by atoms with E-state index in [4.69, 9.17) is 13.9 Å². The lowest BCUT2D eigenvalue weighted by atomic mass is 10.1. The van der Waals surface area contributed by atoms with Crippen LogP contribution in [0.25, 0.3) is 0 Å². The van der Waals surface area contributed by atoms with E-state index < -0.39 is 0 Å². The lowest BCUT2D eigenvalue weighted by molar-refractivity contribution is 0.00335. The van der Waals surface area contributed by atoms with Gasteiger partial charge in [0.2, 0.25) is 0 Å². The second-order valence-corrected chi connectivity index (χ2v) is 6.08. The van der Waals surface area contributed by atoms with E-state index in [0.717, 1.165) is 22.8 Å². The Morgan fingerprint density at radius 2 is 2.08 bits per heavy atom. The zero-order chi connectivity index (χ0) is 16.5. The summed E-state index contributed by atoms with van der Waals surface area (Å²) in [5.41, 5.74) is 1.02. The number of hydrogen-bond donors (Lipinski definition) is 1. The Morgan fingerprint density at radius 3 is 2.92 bits per heavy atom. The van der Waals surface area contributed by atoms with Gasteiger partial charge in [-0.2, -0.15) is 0 Å². The fraction of sp³-hybridized carbons (Fsp3) is 0.389. The fourth-order valence-corrected chi connectivity index (χ4v) is 3.23. The second-order valence-electron chi connectivity index (χ2n) is 6.08. The molecule has 0 saturated carbocycles. The minimum absolute atomic E-state index is 0.123. The highest BCUT2D eigenvalue weighted by molar-refractivity contribution is 5.75. The number of carbonyl (C=O) groups is 1. The van der Waals surface area contributed by atoms with Gasteiger partial charge in [-0.25, -0.2) is 4.79 Å². The maximum absolute atomic E-state index is 12.8. The van der Waals surface area contributed by atoms with Crippen molar-refractivity contribution in [2.75, 3.05) is 26.4 Å². The molecule has 3 heterocycles. The molecular weight excluding hydrogens is 308 g/mol. The van der Waals surface area contributed by atoms with E-state index in [2.05, 4.69) is 5.32 Å². The van der Waals surface area contributed by atoms with Crippen molar-refractivity contribution >= 4 is 6.03 Å². The number of benzene rings is 1. The van der Waals surface area contributed by atoms with Crippen LogP contribution in [0.1, 0.15) is 29.2 Å². The molecule has 1 aromatic carbocycles. The van der Waals surface area contributed by atoms with Crippen LogP contribution < -0.4 is 10.1 Å². The third-order valence-electron chi connectivity index (χ3n) is 4.48. The van der Waals surface area contributed by atoms with Crippen molar-refractivity contribution in [3.63, 3.8) is 0 Å². The van der Waals surface area contributed by atoms with Crippen LogP contribution in [0.5, 0.6) is 5.75 Å². The number of amides is 2. The van der Waals surface area contributed by atoms with Gasteiger partial charge in [0.25, 0.3) is 0 Å². The molecule has 2 aliphatic heterocycles. The second kappa shape index (κ2) is 6.20. The molecule has 1 N–H and O–H groups in total. The van der Waals surface area contributed by atoms with Crippen LogP contribution in [-0.4, -0.2) is 37.3 Å². The molecule has 0 bridgehead atoms. The number of urea groups is 1. The molecule has 6 nitrogen and oxygen atoms in total. The fourth-order valence-electron chi connectivity index (χ4n) is 3.23. The van der Waals surface area contributed by atoms with Gasteiger partial charge in [-0.05, 0) is 25.1 Å². The summed E-state index contributed by atoms with van der Waals surface area (Å²) in [4.78, 5) is 14.6. The van der Waals surface area contributed by atoms with Crippen LogP contribution >= 0.6 is 0 Å². The lowest BCUT2D eigenvalue weighted by Gasteiger charge is -2.35. The number of aryl methyl sites for hydroxylation is 1. The average Bonchev–Trinajstić information content (AvgIpc) is 3.22. The third-order valence-corrected chi connectivity index (χ3v) is 4.48. The van der Waals surface area contributed by atoms with Crippen molar-refractivity contribution in [1.29, 1.82) is 0 Å². The maximum Gasteiger partial charge on any atom is 0.318 e. The minimum Gasteiger partial charge on any atom is -0.491 e. The Kier molecular flexibility index (Phi) is 3.90. The van der Waals surface area contributed by atoms with E-state index in [1.165, 1.54) is 0 Å². The van der Waals surface area contributed by atoms with Crippen LogP contribution in [-0.2, 0) is 4.74 Å². The normalized spacial score (nSPS) is 22.8. The third kappa shape index (κ3) is 2.73. The zero-order valence-corrected chi connectivity index (χ0v) is 13.5. The van der Waals surface area contributed by atoms with Crippen LogP contribution in [0.4, 0.5) is 4.79 Å². The van der Waals surface area contributed by atoms with Crippen LogP contribution in [0.3, 0.4) is 0 Å². The van der Waals surface area contributed by atoms with E-state index in [0.29, 0.717) is 26.4 Å². The summed E-state index contributed by atoms with van der Waals surface area (Å²) in [6, 6.07) is 11.1. The van der Waals surface area contributed by atoms with E-state index in [1.54, 1.807) is 4.90 Å². The molecule has 1 saturated heterocycles. The van der Waals surface area contributed by atoms with Gasteiger partial charge < -0.3 is 24.1 Å². The molecule has 1 aromatic heterocycles. The summed E-state index contributed by atoms with van der Waals surface area (Å²) in [7, 11) is 0. The molecule has 0 unspecified atom stereocenters. The number of nitrogens with one attached hydrogen (secondary N) is 1. The zero-order valence-electron chi connectivity index (χ0n) is 13.5. The van der Waals surface area contributed by atoms with Crippen molar-refractivity contribution in [1.82, 2.24) is 10.2 Å². The van der Waals surface area contributed by atoms with Crippen molar-refractivity contribution in [3.8, 4) is 5.75 Å². The summed E-state index contributed by atoms with van der Waals surface area (Å²) in [5.74, 6) is 2.42. The van der Waals surface area contributed by atoms with Crippen molar-refractivity contribution in [3.05, 3.63) is 53.5 Å². The van der Waals surface area contributed by atoms with Gasteiger partial charge in [0.15, 0.2) is 0 Å². The minimum atomic E-state index is -0.204. The van der Waals surface area contributed by atoms with Crippen molar-refractivity contribution in [2.24, 2.45) is 0 Å². The molecule has 2 aliphatic rings. The molecule has 2 amide bonds. The largest absolute Gasteiger partial charge is 0.491 e. The van der Waals surface area contributed by atoms with Crippen molar-refractivity contribution in [2.45, 2.75) is 19.0 Å². The summed E-state index contributed by atoms with van der Waals surface area (Å²) >= 11 is 0. The summed E-state index contributed by atoms with van der Waals surface area (Å²) in [6.45, 7) is 3.86. The maximum atomic E-state index is 12.8. The summed E-state index contributed by atoms with van der Waals surface area (Å²) in [5, 5.41) is 3.08.